The van der Waals surface area contributed by atoms with Crippen LogP contribution in [0.2, 0.25) is 0 Å². The van der Waals surface area contributed by atoms with Crippen molar-refractivity contribution >= 4 is 5.91 Å². The number of likely N-dealkylation sites (tertiary alicyclic amines) is 1. The number of piperidine rings is 2. The highest BCUT2D eigenvalue weighted by atomic mass is 19.1. The summed E-state index contributed by atoms with van der Waals surface area (Å²) in [4.78, 5) is 18.9. The molecule has 1 aromatic carbocycles. The summed E-state index contributed by atoms with van der Waals surface area (Å²) in [5.74, 6) is 0.136. The Kier molecular flexibility index (Phi) is 7.25. The minimum Gasteiger partial charge on any atom is -0.352 e. The molecule has 4 rings (SSSR count). The van der Waals surface area contributed by atoms with Crippen molar-refractivity contribution in [3.63, 3.8) is 0 Å². The molecule has 2 N–H and O–H groups in total. The Morgan fingerprint density at radius 3 is 3.00 bits per heavy atom. The molecule has 2 aliphatic heterocycles. The van der Waals surface area contributed by atoms with Crippen LogP contribution in [0.1, 0.15) is 36.8 Å². The van der Waals surface area contributed by atoms with Crippen LogP contribution < -0.4 is 10.6 Å². The van der Waals surface area contributed by atoms with E-state index in [0.29, 0.717) is 24.3 Å². The molecule has 0 radical (unpaired) electrons. The van der Waals surface area contributed by atoms with Crippen molar-refractivity contribution in [2.75, 3.05) is 19.6 Å². The average Bonchev–Trinajstić information content (AvgIpc) is 2.76. The molecule has 0 spiro atoms. The van der Waals surface area contributed by atoms with E-state index in [9.17, 15) is 13.6 Å². The van der Waals surface area contributed by atoms with Crippen LogP contribution in [0.25, 0.3) is 0 Å². The number of aromatic nitrogens is 1. The number of benzene rings is 1. The van der Waals surface area contributed by atoms with E-state index in [1.807, 2.05) is 12.3 Å². The first-order valence-electron chi connectivity index (χ1n) is 11.1. The summed E-state index contributed by atoms with van der Waals surface area (Å²) in [6, 6.07) is 7.81. The zero-order valence-electron chi connectivity index (χ0n) is 17.7. The zero-order chi connectivity index (χ0) is 21.6. The Labute approximate surface area is 182 Å². The van der Waals surface area contributed by atoms with Crippen LogP contribution in [0, 0.1) is 23.5 Å². The molecule has 0 unspecified atom stereocenters. The van der Waals surface area contributed by atoms with Crippen molar-refractivity contribution in [3.05, 3.63) is 65.5 Å². The Morgan fingerprint density at radius 1 is 1.26 bits per heavy atom. The van der Waals surface area contributed by atoms with Crippen molar-refractivity contribution in [1.29, 1.82) is 0 Å². The van der Waals surface area contributed by atoms with Gasteiger partial charge in [0, 0.05) is 56.6 Å². The van der Waals surface area contributed by atoms with E-state index in [-0.39, 0.29) is 18.0 Å². The molecule has 1 amide bonds. The smallest absolute Gasteiger partial charge is 0.220 e. The highest BCUT2D eigenvalue weighted by molar-refractivity contribution is 5.75. The Balaban J connectivity index is 1.20. The fraction of sp³-hybridized carbons (Fsp3) is 0.500. The predicted molar refractivity (Wildman–Crippen MR) is 115 cm³/mol. The van der Waals surface area contributed by atoms with Crippen molar-refractivity contribution in [2.45, 2.75) is 44.8 Å². The van der Waals surface area contributed by atoms with Crippen LogP contribution in [0.5, 0.6) is 0 Å². The monoisotopic (exact) mass is 428 g/mol. The number of nitrogens with zero attached hydrogens (tertiary/aromatic N) is 2. The van der Waals surface area contributed by atoms with E-state index in [1.54, 1.807) is 6.20 Å². The summed E-state index contributed by atoms with van der Waals surface area (Å²) in [6.45, 7) is 4.15. The lowest BCUT2D eigenvalue weighted by atomic mass is 9.79. The van der Waals surface area contributed by atoms with E-state index in [2.05, 4.69) is 26.6 Å². The number of halogens is 2. The molecular weight excluding hydrogens is 398 g/mol. The van der Waals surface area contributed by atoms with Gasteiger partial charge in [-0.2, -0.15) is 0 Å². The van der Waals surface area contributed by atoms with Gasteiger partial charge in [0.1, 0.15) is 11.6 Å². The van der Waals surface area contributed by atoms with Gasteiger partial charge < -0.3 is 10.6 Å². The number of rotatable bonds is 8. The first-order valence-corrected chi connectivity index (χ1v) is 11.1. The van der Waals surface area contributed by atoms with E-state index < -0.39 is 11.6 Å². The third-order valence-electron chi connectivity index (χ3n) is 6.41. The van der Waals surface area contributed by atoms with Gasteiger partial charge in [0.15, 0.2) is 0 Å². The zero-order valence-corrected chi connectivity index (χ0v) is 17.7. The van der Waals surface area contributed by atoms with Gasteiger partial charge in [-0.3, -0.25) is 14.7 Å². The van der Waals surface area contributed by atoms with Crippen molar-refractivity contribution in [3.8, 4) is 0 Å². The Morgan fingerprint density at radius 2 is 2.16 bits per heavy atom. The van der Waals surface area contributed by atoms with Gasteiger partial charge in [0.05, 0.1) is 0 Å². The third-order valence-corrected chi connectivity index (χ3v) is 6.41. The summed E-state index contributed by atoms with van der Waals surface area (Å²) in [7, 11) is 0. The number of amides is 1. The third kappa shape index (κ3) is 6.08. The molecule has 5 nitrogen and oxygen atoms in total. The second-order valence-electron chi connectivity index (χ2n) is 8.84. The topological polar surface area (TPSA) is 57.3 Å². The lowest BCUT2D eigenvalue weighted by Gasteiger charge is -2.46. The van der Waals surface area contributed by atoms with Crippen LogP contribution in [-0.2, 0) is 17.9 Å². The second-order valence-corrected chi connectivity index (χ2v) is 8.84. The molecule has 2 saturated heterocycles. The maximum absolute atomic E-state index is 13.7. The number of pyridine rings is 1. The van der Waals surface area contributed by atoms with Crippen LogP contribution in [0.15, 0.2) is 42.7 Å². The predicted octanol–water partition coefficient (Wildman–Crippen LogP) is 3.26. The molecule has 0 saturated carbocycles. The highest BCUT2D eigenvalue weighted by Crippen LogP contribution is 2.31. The lowest BCUT2D eigenvalue weighted by Crippen LogP contribution is -2.55. The van der Waals surface area contributed by atoms with Gasteiger partial charge in [-0.15, -0.1) is 0 Å². The first kappa shape index (κ1) is 21.8. The number of nitrogens with one attached hydrogen (secondary N) is 2. The molecule has 0 aliphatic carbocycles. The first-order chi connectivity index (χ1) is 15.1. The quantitative estimate of drug-likeness (QED) is 0.678. The van der Waals surface area contributed by atoms with Crippen LogP contribution in [0.3, 0.4) is 0 Å². The summed E-state index contributed by atoms with van der Waals surface area (Å²) in [5.41, 5.74) is 1.42. The van der Waals surface area contributed by atoms with Gasteiger partial charge in [0.25, 0.3) is 0 Å². The maximum Gasteiger partial charge on any atom is 0.220 e. The van der Waals surface area contributed by atoms with Crippen LogP contribution in [-0.4, -0.2) is 41.5 Å². The Hall–Kier alpha value is -2.38. The van der Waals surface area contributed by atoms with E-state index in [0.717, 1.165) is 57.2 Å². The molecule has 2 aliphatic rings. The van der Waals surface area contributed by atoms with E-state index in [4.69, 9.17) is 0 Å². The molecule has 166 valence electrons. The molecule has 2 aromatic rings. The summed E-state index contributed by atoms with van der Waals surface area (Å²) < 4.78 is 26.9. The van der Waals surface area contributed by atoms with Gasteiger partial charge in [-0.25, -0.2) is 8.78 Å². The average molecular weight is 429 g/mol. The van der Waals surface area contributed by atoms with Gasteiger partial charge in [0.2, 0.25) is 5.91 Å². The van der Waals surface area contributed by atoms with E-state index in [1.165, 1.54) is 12.0 Å². The maximum atomic E-state index is 13.7. The summed E-state index contributed by atoms with van der Waals surface area (Å²) in [5, 5.41) is 6.39. The number of hydrogen-bond donors (Lipinski definition) is 2. The Bertz CT molecular complexity index is 879. The number of hydrogen-bond acceptors (Lipinski definition) is 4. The SMILES string of the molecule is O=C(CCC[C@H]1NC[C@@H]2C[C@H]1CN(Cc1cccnc1)C2)NCc1cc(F)ccc1F. The largest absolute Gasteiger partial charge is 0.352 e. The molecule has 2 fully saturated rings. The van der Waals surface area contributed by atoms with Crippen LogP contribution in [0.4, 0.5) is 8.78 Å². The normalized spacial score (nSPS) is 23.5. The molecule has 2 bridgehead atoms. The minimum atomic E-state index is -0.504. The standard InChI is InChI=1S/C24H30F2N4O/c25-21-6-7-22(26)19(10-21)13-29-24(31)5-1-4-23-20-9-18(12-28-23)15-30(16-20)14-17-3-2-8-27-11-17/h2-3,6-8,10-11,18,20,23,28H,1,4-5,9,12-16H2,(H,29,31)/t18-,20-,23+/m0/s1. The van der Waals surface area contributed by atoms with Gasteiger partial charge in [-0.1, -0.05) is 6.07 Å². The van der Waals surface area contributed by atoms with Crippen molar-refractivity contribution in [2.24, 2.45) is 11.8 Å². The summed E-state index contributed by atoms with van der Waals surface area (Å²) >= 11 is 0. The lowest BCUT2D eigenvalue weighted by molar-refractivity contribution is -0.121. The van der Waals surface area contributed by atoms with Gasteiger partial charge >= 0.3 is 0 Å². The van der Waals surface area contributed by atoms with Gasteiger partial charge in [-0.05, 0) is 67.5 Å². The molecular formula is C24H30F2N4O. The number of carbonyl (C=O) groups excluding carboxylic acids is 1. The number of carbonyl (C=O) groups is 1. The fourth-order valence-corrected chi connectivity index (χ4v) is 4.93. The van der Waals surface area contributed by atoms with Crippen molar-refractivity contribution < 1.29 is 13.6 Å². The van der Waals surface area contributed by atoms with E-state index >= 15 is 0 Å². The van der Waals surface area contributed by atoms with Crippen molar-refractivity contribution in [1.82, 2.24) is 20.5 Å². The minimum absolute atomic E-state index is 0.0116. The second kappa shape index (κ2) is 10.3. The molecule has 3 heterocycles. The molecule has 31 heavy (non-hydrogen) atoms. The highest BCUT2D eigenvalue weighted by Gasteiger charge is 2.36. The number of fused-ring (bicyclic) bond motifs is 2. The molecule has 7 heteroatoms. The summed E-state index contributed by atoms with van der Waals surface area (Å²) in [6.07, 6.45) is 7.10. The molecule has 1 aromatic heterocycles. The van der Waals surface area contributed by atoms with Crippen LogP contribution >= 0.6 is 0 Å². The molecule has 3 atom stereocenters. The fourth-order valence-electron chi connectivity index (χ4n) is 4.93.